The highest BCUT2D eigenvalue weighted by molar-refractivity contribution is 7.08. The molecule has 0 spiro atoms. The fraction of sp³-hybridized carbons (Fsp3) is 0.294. The van der Waals surface area contributed by atoms with E-state index in [9.17, 15) is 9.59 Å². The molecule has 2 amide bonds. The molecule has 114 valence electrons. The molecule has 0 unspecified atom stereocenters. The molecule has 0 aliphatic carbocycles. The molecule has 0 bridgehead atoms. The summed E-state index contributed by atoms with van der Waals surface area (Å²) in [5, 5.41) is 3.70. The third-order valence-electron chi connectivity index (χ3n) is 3.96. The van der Waals surface area contributed by atoms with E-state index in [1.165, 1.54) is 11.3 Å². The fourth-order valence-corrected chi connectivity index (χ4v) is 3.28. The van der Waals surface area contributed by atoms with E-state index in [0.717, 1.165) is 11.3 Å². The smallest absolute Gasteiger partial charge is 0.255 e. The number of hydrogen-bond donors (Lipinski definition) is 0. The Morgan fingerprint density at radius 2 is 1.95 bits per heavy atom. The molecule has 1 aliphatic heterocycles. The number of piperazine rings is 1. The zero-order chi connectivity index (χ0) is 15.7. The third-order valence-corrected chi connectivity index (χ3v) is 4.64. The van der Waals surface area contributed by atoms with E-state index in [2.05, 4.69) is 0 Å². The molecule has 5 heteroatoms. The third kappa shape index (κ3) is 2.76. The number of amides is 2. The molecule has 4 nitrogen and oxygen atoms in total. The predicted octanol–water partition coefficient (Wildman–Crippen LogP) is 2.93. The number of carbonyl (C=O) groups excluding carboxylic acids is 2. The number of benzene rings is 1. The van der Waals surface area contributed by atoms with Gasteiger partial charge in [-0.05, 0) is 37.4 Å². The Bertz CT molecular complexity index is 679. The molecule has 3 rings (SSSR count). The minimum atomic E-state index is -0.0642. The van der Waals surface area contributed by atoms with Gasteiger partial charge >= 0.3 is 0 Å². The van der Waals surface area contributed by atoms with Gasteiger partial charge in [0.05, 0.1) is 5.56 Å². The van der Waals surface area contributed by atoms with Gasteiger partial charge < -0.3 is 9.80 Å². The van der Waals surface area contributed by atoms with Crippen LogP contribution in [-0.2, 0) is 4.79 Å². The molecular weight excluding hydrogens is 296 g/mol. The highest BCUT2D eigenvalue weighted by atomic mass is 32.1. The monoisotopic (exact) mass is 314 g/mol. The van der Waals surface area contributed by atoms with E-state index in [-0.39, 0.29) is 24.4 Å². The maximum absolute atomic E-state index is 12.5. The van der Waals surface area contributed by atoms with Gasteiger partial charge in [0.1, 0.15) is 6.54 Å². The number of thiophene rings is 1. The Balaban J connectivity index is 1.78. The molecule has 2 aromatic rings. The second-order valence-corrected chi connectivity index (χ2v) is 6.41. The molecule has 2 heterocycles. The number of rotatable bonds is 2. The predicted molar refractivity (Wildman–Crippen MR) is 88.3 cm³/mol. The first kappa shape index (κ1) is 14.8. The largest absolute Gasteiger partial charge is 0.325 e. The number of carbonyl (C=O) groups is 2. The Hall–Kier alpha value is -2.14. The van der Waals surface area contributed by atoms with Crippen LogP contribution in [0, 0.1) is 6.92 Å². The van der Waals surface area contributed by atoms with Gasteiger partial charge in [-0.25, -0.2) is 0 Å². The summed E-state index contributed by atoms with van der Waals surface area (Å²) in [6.45, 7) is 4.66. The Kier molecular flexibility index (Phi) is 3.98. The number of nitrogens with zero attached hydrogens (tertiary/aromatic N) is 2. The molecule has 22 heavy (non-hydrogen) atoms. The van der Waals surface area contributed by atoms with Crippen molar-refractivity contribution in [2.45, 2.75) is 19.9 Å². The number of anilines is 1. The van der Waals surface area contributed by atoms with E-state index >= 15 is 0 Å². The second-order valence-electron chi connectivity index (χ2n) is 5.63. The van der Waals surface area contributed by atoms with E-state index in [1.54, 1.807) is 15.9 Å². The van der Waals surface area contributed by atoms with Crippen LogP contribution in [0.5, 0.6) is 0 Å². The molecule has 0 N–H and O–H groups in total. The molecule has 1 saturated heterocycles. The molecule has 1 aliphatic rings. The highest BCUT2D eigenvalue weighted by Crippen LogP contribution is 2.22. The lowest BCUT2D eigenvalue weighted by Crippen LogP contribution is -2.57. The standard InChI is InChI=1S/C17H18N2O2S/c1-12-3-5-15(6-4-12)19-9-13(2)18(10-16(19)20)17(21)14-7-8-22-11-14/h3-8,11,13H,9-10H2,1-2H3/t13-/m0/s1. The first-order valence-electron chi connectivity index (χ1n) is 7.26. The van der Waals surface area contributed by atoms with Gasteiger partial charge in [0, 0.05) is 23.7 Å². The van der Waals surface area contributed by atoms with E-state index < -0.39 is 0 Å². The lowest BCUT2D eigenvalue weighted by atomic mass is 10.1. The van der Waals surface area contributed by atoms with Crippen molar-refractivity contribution in [3.8, 4) is 0 Å². The van der Waals surface area contributed by atoms with Crippen LogP contribution in [-0.4, -0.2) is 35.8 Å². The maximum Gasteiger partial charge on any atom is 0.255 e. The average Bonchev–Trinajstić information content (AvgIpc) is 3.04. The van der Waals surface area contributed by atoms with E-state index in [4.69, 9.17) is 0 Å². The zero-order valence-electron chi connectivity index (χ0n) is 12.7. The quantitative estimate of drug-likeness (QED) is 0.855. The van der Waals surface area contributed by atoms with E-state index in [1.807, 2.05) is 48.9 Å². The van der Waals surface area contributed by atoms with Crippen molar-refractivity contribution < 1.29 is 9.59 Å². The van der Waals surface area contributed by atoms with Gasteiger partial charge in [-0.3, -0.25) is 9.59 Å². The van der Waals surface area contributed by atoms with Crippen molar-refractivity contribution in [3.05, 3.63) is 52.2 Å². The Labute approximate surface area is 134 Å². The maximum atomic E-state index is 12.5. The summed E-state index contributed by atoms with van der Waals surface area (Å²) in [6, 6.07) is 9.70. The lowest BCUT2D eigenvalue weighted by molar-refractivity contribution is -0.121. The van der Waals surface area contributed by atoms with Gasteiger partial charge in [-0.2, -0.15) is 11.3 Å². The normalized spacial score (nSPS) is 18.6. The van der Waals surface area contributed by atoms with Crippen LogP contribution in [0.15, 0.2) is 41.1 Å². The van der Waals surface area contributed by atoms with Crippen molar-refractivity contribution >= 4 is 28.8 Å². The fourth-order valence-electron chi connectivity index (χ4n) is 2.65. The first-order valence-corrected chi connectivity index (χ1v) is 8.21. The summed E-state index contributed by atoms with van der Waals surface area (Å²) >= 11 is 1.49. The van der Waals surface area contributed by atoms with Crippen LogP contribution >= 0.6 is 11.3 Å². The topological polar surface area (TPSA) is 40.6 Å². The van der Waals surface area contributed by atoms with Crippen LogP contribution in [0.25, 0.3) is 0 Å². The molecule has 1 atom stereocenters. The SMILES string of the molecule is Cc1ccc(N2C[C@H](C)N(C(=O)c3ccsc3)CC2=O)cc1. The van der Waals surface area contributed by atoms with Crippen molar-refractivity contribution in [1.82, 2.24) is 4.90 Å². The summed E-state index contributed by atoms with van der Waals surface area (Å²) in [5.41, 5.74) is 2.72. The molecule has 0 radical (unpaired) electrons. The van der Waals surface area contributed by atoms with Gasteiger partial charge in [0.15, 0.2) is 0 Å². The van der Waals surface area contributed by atoms with Crippen molar-refractivity contribution in [1.29, 1.82) is 0 Å². The molecule has 0 saturated carbocycles. The zero-order valence-corrected chi connectivity index (χ0v) is 13.5. The van der Waals surface area contributed by atoms with Gasteiger partial charge in [0.2, 0.25) is 5.91 Å². The number of hydrogen-bond acceptors (Lipinski definition) is 3. The van der Waals surface area contributed by atoms with E-state index in [0.29, 0.717) is 12.1 Å². The van der Waals surface area contributed by atoms with Crippen LogP contribution in [0.1, 0.15) is 22.8 Å². The van der Waals surface area contributed by atoms with Crippen molar-refractivity contribution in [2.75, 3.05) is 18.0 Å². The number of aryl methyl sites for hydroxylation is 1. The summed E-state index contributed by atoms with van der Waals surface area (Å²) in [7, 11) is 0. The molecule has 1 fully saturated rings. The first-order chi connectivity index (χ1) is 10.6. The summed E-state index contributed by atoms with van der Waals surface area (Å²) in [4.78, 5) is 28.3. The summed E-state index contributed by atoms with van der Waals surface area (Å²) in [5.74, 6) is -0.101. The van der Waals surface area contributed by atoms with Crippen molar-refractivity contribution in [3.63, 3.8) is 0 Å². The Morgan fingerprint density at radius 1 is 1.23 bits per heavy atom. The Morgan fingerprint density at radius 3 is 2.59 bits per heavy atom. The summed E-state index contributed by atoms with van der Waals surface area (Å²) < 4.78 is 0. The molecule has 1 aromatic heterocycles. The van der Waals surface area contributed by atoms with Crippen LogP contribution in [0.2, 0.25) is 0 Å². The average molecular weight is 314 g/mol. The molecule has 1 aromatic carbocycles. The minimum absolute atomic E-state index is 0.00796. The van der Waals surface area contributed by atoms with Crippen LogP contribution in [0.3, 0.4) is 0 Å². The molecular formula is C17H18N2O2S. The lowest BCUT2D eigenvalue weighted by Gasteiger charge is -2.39. The van der Waals surface area contributed by atoms with Crippen molar-refractivity contribution in [2.24, 2.45) is 0 Å². The van der Waals surface area contributed by atoms with Crippen LogP contribution < -0.4 is 4.90 Å². The second kappa shape index (κ2) is 5.93. The van der Waals surface area contributed by atoms with Gasteiger partial charge in [-0.1, -0.05) is 17.7 Å². The van der Waals surface area contributed by atoms with Gasteiger partial charge in [0.25, 0.3) is 5.91 Å². The van der Waals surface area contributed by atoms with Gasteiger partial charge in [-0.15, -0.1) is 0 Å². The summed E-state index contributed by atoms with van der Waals surface area (Å²) in [6.07, 6.45) is 0. The van der Waals surface area contributed by atoms with Crippen LogP contribution in [0.4, 0.5) is 5.69 Å². The minimum Gasteiger partial charge on any atom is -0.325 e. The highest BCUT2D eigenvalue weighted by Gasteiger charge is 2.33.